The predicted octanol–water partition coefficient (Wildman–Crippen LogP) is 5.49. The smallest absolute Gasteiger partial charge is 0.297 e. The summed E-state index contributed by atoms with van der Waals surface area (Å²) in [6, 6.07) is 16.7. The quantitative estimate of drug-likeness (QED) is 0.198. The van der Waals surface area contributed by atoms with E-state index in [1.165, 1.54) is 33.7 Å². The number of halogens is 2. The third-order valence-corrected chi connectivity index (χ3v) is 9.39. The molecule has 12 heteroatoms. The van der Waals surface area contributed by atoms with Crippen molar-refractivity contribution >= 4 is 56.7 Å². The van der Waals surface area contributed by atoms with Gasteiger partial charge in [-0.1, -0.05) is 59.5 Å². The van der Waals surface area contributed by atoms with E-state index in [1.54, 1.807) is 49.4 Å². The maximum atomic E-state index is 14.4. The van der Waals surface area contributed by atoms with E-state index in [2.05, 4.69) is 10.2 Å². The topological polar surface area (TPSA) is 96.6 Å². The molecule has 0 fully saturated rings. The Balaban J connectivity index is 1.44. The van der Waals surface area contributed by atoms with Crippen LogP contribution < -0.4 is 15.2 Å². The summed E-state index contributed by atoms with van der Waals surface area (Å²) in [5, 5.41) is 8.42. The molecule has 0 bridgehead atoms. The second kappa shape index (κ2) is 9.32. The van der Waals surface area contributed by atoms with Crippen LogP contribution in [0, 0.1) is 11.6 Å². The summed E-state index contributed by atoms with van der Waals surface area (Å²) in [7, 11) is 0. The Bertz CT molecular complexity index is 1980. The molecular weight excluding hydrogens is 570 g/mol. The van der Waals surface area contributed by atoms with Crippen LogP contribution in [0.5, 0.6) is 0 Å². The molecule has 5 aromatic rings. The zero-order valence-electron chi connectivity index (χ0n) is 21.3. The molecule has 1 atom stereocenters. The number of hydrogen-bond donors (Lipinski definition) is 0. The van der Waals surface area contributed by atoms with E-state index in [9.17, 15) is 23.2 Å². The van der Waals surface area contributed by atoms with Gasteiger partial charge in [0, 0.05) is 17.9 Å². The molecule has 3 aromatic carbocycles. The number of rotatable bonds is 5. The highest BCUT2D eigenvalue weighted by Crippen LogP contribution is 2.54. The van der Waals surface area contributed by atoms with Gasteiger partial charge in [-0.2, -0.15) is 0 Å². The Morgan fingerprint density at radius 1 is 1.00 bits per heavy atom. The Morgan fingerprint density at radius 2 is 1.78 bits per heavy atom. The fraction of sp³-hybridized carbons (Fsp3) is 0.138. The number of amides is 2. The number of anilines is 2. The van der Waals surface area contributed by atoms with Crippen molar-refractivity contribution in [1.82, 2.24) is 10.2 Å². The molecular formula is C29H18F2N4O4S2. The Labute approximate surface area is 239 Å². The van der Waals surface area contributed by atoms with Gasteiger partial charge in [0.25, 0.3) is 11.8 Å². The number of thioether (sulfide) groups is 1. The number of nitrogens with zero attached hydrogens (tertiary/aromatic N) is 4. The largest absolute Gasteiger partial charge is 0.450 e. The van der Waals surface area contributed by atoms with Crippen LogP contribution in [0.25, 0.3) is 11.0 Å². The van der Waals surface area contributed by atoms with E-state index < -0.39 is 28.6 Å². The minimum absolute atomic E-state index is 0.0185. The van der Waals surface area contributed by atoms with Crippen LogP contribution in [0.3, 0.4) is 0 Å². The van der Waals surface area contributed by atoms with Gasteiger partial charge in [-0.15, -0.1) is 10.2 Å². The first kappa shape index (κ1) is 25.5. The lowest BCUT2D eigenvalue weighted by atomic mass is 9.84. The van der Waals surface area contributed by atoms with Gasteiger partial charge in [0.15, 0.2) is 15.3 Å². The predicted molar refractivity (Wildman–Crippen MR) is 150 cm³/mol. The number of hydrogen-bond acceptors (Lipinski definition) is 8. The summed E-state index contributed by atoms with van der Waals surface area (Å²) in [5.74, 6) is -2.34. The molecule has 2 aliphatic rings. The van der Waals surface area contributed by atoms with Gasteiger partial charge in [-0.25, -0.2) is 8.78 Å². The third kappa shape index (κ3) is 3.53. The van der Waals surface area contributed by atoms with Crippen LogP contribution in [-0.2, 0) is 16.1 Å². The number of aromatic nitrogens is 2. The summed E-state index contributed by atoms with van der Waals surface area (Å²) in [5.41, 5.74) is -1.39. The van der Waals surface area contributed by atoms with Gasteiger partial charge in [-0.05, 0) is 42.8 Å². The maximum Gasteiger partial charge on any atom is 0.297 e. The van der Waals surface area contributed by atoms with Gasteiger partial charge in [0.2, 0.25) is 10.9 Å². The minimum Gasteiger partial charge on any atom is -0.450 e. The number of para-hydroxylation sites is 1. The molecule has 0 aliphatic carbocycles. The fourth-order valence-electron chi connectivity index (χ4n) is 5.56. The highest BCUT2D eigenvalue weighted by atomic mass is 32.2. The first-order valence-corrected chi connectivity index (χ1v) is 14.4. The molecule has 4 heterocycles. The Hall–Kier alpha value is -4.42. The molecule has 2 aromatic heterocycles. The lowest BCUT2D eigenvalue weighted by molar-refractivity contribution is -0.121. The van der Waals surface area contributed by atoms with Gasteiger partial charge >= 0.3 is 0 Å². The summed E-state index contributed by atoms with van der Waals surface area (Å²) >= 11 is 2.26. The van der Waals surface area contributed by atoms with E-state index in [1.807, 2.05) is 0 Å². The standard InChI is InChI=1S/C29H18F2N4O4S2/c1-2-34-20-10-6-4-8-18(20)29(26(34)38)22-23(36)17-13-16(30)11-12-21(17)39-24(22)25(37)35(29)27-32-33-28(41-27)40-14-15-7-3-5-9-19(15)31/h3-13H,2,14H2,1H3. The van der Waals surface area contributed by atoms with Gasteiger partial charge in [0.05, 0.1) is 16.6 Å². The minimum atomic E-state index is -1.94. The average molecular weight is 589 g/mol. The molecule has 8 nitrogen and oxygen atoms in total. The monoisotopic (exact) mass is 588 g/mol. The summed E-state index contributed by atoms with van der Waals surface area (Å²) in [6.07, 6.45) is 0. The molecule has 0 N–H and O–H groups in total. The second-order valence-electron chi connectivity index (χ2n) is 9.42. The maximum absolute atomic E-state index is 14.4. The lowest BCUT2D eigenvalue weighted by Gasteiger charge is -2.31. The van der Waals surface area contributed by atoms with Crippen molar-refractivity contribution in [2.75, 3.05) is 16.3 Å². The van der Waals surface area contributed by atoms with Crippen molar-refractivity contribution in [2.24, 2.45) is 0 Å². The zero-order chi connectivity index (χ0) is 28.5. The van der Waals surface area contributed by atoms with Crippen LogP contribution >= 0.6 is 23.1 Å². The number of carbonyl (C=O) groups excluding carboxylic acids is 2. The van der Waals surface area contributed by atoms with E-state index >= 15 is 0 Å². The van der Waals surface area contributed by atoms with E-state index in [0.717, 1.165) is 23.5 Å². The van der Waals surface area contributed by atoms with Crippen LogP contribution in [0.15, 0.2) is 80.3 Å². The zero-order valence-corrected chi connectivity index (χ0v) is 22.9. The second-order valence-corrected chi connectivity index (χ2v) is 11.6. The van der Waals surface area contributed by atoms with Crippen molar-refractivity contribution in [3.05, 3.63) is 111 Å². The van der Waals surface area contributed by atoms with Gasteiger partial charge in [0.1, 0.15) is 17.2 Å². The van der Waals surface area contributed by atoms with Crippen molar-refractivity contribution in [2.45, 2.75) is 22.6 Å². The molecule has 0 radical (unpaired) electrons. The SMILES string of the molecule is CCN1C(=O)C2(c3ccccc31)c1c(oc3ccc(F)cc3c1=O)C(=O)N2c1nnc(SCc2ccccc2F)s1. The lowest BCUT2D eigenvalue weighted by Crippen LogP contribution is -2.53. The first-order chi connectivity index (χ1) is 19.9. The molecule has 7 rings (SSSR count). The highest BCUT2D eigenvalue weighted by molar-refractivity contribution is 8.00. The molecule has 1 unspecified atom stereocenters. The summed E-state index contributed by atoms with van der Waals surface area (Å²) in [6.45, 7) is 2.05. The van der Waals surface area contributed by atoms with Crippen molar-refractivity contribution in [1.29, 1.82) is 0 Å². The first-order valence-electron chi connectivity index (χ1n) is 12.6. The third-order valence-electron chi connectivity index (χ3n) is 7.30. The molecule has 41 heavy (non-hydrogen) atoms. The van der Waals surface area contributed by atoms with Crippen LogP contribution in [0.1, 0.15) is 34.2 Å². The fourth-order valence-corrected chi connectivity index (χ4v) is 7.43. The van der Waals surface area contributed by atoms with Crippen LogP contribution in [0.4, 0.5) is 19.6 Å². The Morgan fingerprint density at radius 3 is 2.59 bits per heavy atom. The van der Waals surface area contributed by atoms with Crippen molar-refractivity contribution in [3.8, 4) is 0 Å². The normalized spacial score (nSPS) is 17.6. The number of carbonyl (C=O) groups is 2. The van der Waals surface area contributed by atoms with E-state index in [0.29, 0.717) is 21.2 Å². The van der Waals surface area contributed by atoms with Crippen LogP contribution in [0.2, 0.25) is 0 Å². The molecule has 2 amide bonds. The number of benzene rings is 3. The molecule has 2 aliphatic heterocycles. The summed E-state index contributed by atoms with van der Waals surface area (Å²) < 4.78 is 34.8. The van der Waals surface area contributed by atoms with Crippen LogP contribution in [-0.4, -0.2) is 28.6 Å². The number of likely N-dealkylation sites (N-methyl/N-ethyl adjacent to an activating group) is 1. The molecule has 1 spiro atoms. The number of fused-ring (bicyclic) bond motifs is 5. The Kier molecular flexibility index (Phi) is 5.80. The van der Waals surface area contributed by atoms with Crippen molar-refractivity contribution < 1.29 is 22.8 Å². The molecule has 204 valence electrons. The van der Waals surface area contributed by atoms with Gasteiger partial charge < -0.3 is 9.32 Å². The summed E-state index contributed by atoms with van der Waals surface area (Å²) in [4.78, 5) is 45.3. The molecule has 0 saturated heterocycles. The van der Waals surface area contributed by atoms with E-state index in [4.69, 9.17) is 4.42 Å². The van der Waals surface area contributed by atoms with E-state index in [-0.39, 0.29) is 45.5 Å². The van der Waals surface area contributed by atoms with Crippen molar-refractivity contribution in [3.63, 3.8) is 0 Å². The highest BCUT2D eigenvalue weighted by Gasteiger charge is 2.66. The van der Waals surface area contributed by atoms with Gasteiger partial charge in [-0.3, -0.25) is 19.3 Å². The average Bonchev–Trinajstić information content (AvgIpc) is 3.61. The molecule has 0 saturated carbocycles.